The smallest absolute Gasteiger partial charge is 0.126 e. The van der Waals surface area contributed by atoms with Gasteiger partial charge in [-0.05, 0) is 44.4 Å². The second kappa shape index (κ2) is 6.09. The topological polar surface area (TPSA) is 29.1 Å². The van der Waals surface area contributed by atoms with Gasteiger partial charge in [-0.2, -0.15) is 0 Å². The van der Waals surface area contributed by atoms with Crippen molar-refractivity contribution in [3.63, 3.8) is 0 Å². The molecule has 0 saturated carbocycles. The zero-order valence-corrected chi connectivity index (χ0v) is 12.8. The molecule has 0 radical (unpaired) electrons. The number of benzene rings is 1. The highest BCUT2D eigenvalue weighted by Gasteiger charge is 2.25. The van der Waals surface area contributed by atoms with E-state index in [4.69, 9.17) is 0 Å². The van der Waals surface area contributed by atoms with Gasteiger partial charge >= 0.3 is 0 Å². The van der Waals surface area contributed by atoms with Gasteiger partial charge < -0.3 is 0 Å². The number of hydrogen-bond donors (Lipinski definition) is 1. The van der Waals surface area contributed by atoms with Crippen LogP contribution in [0.25, 0.3) is 0 Å². The number of hydrogen-bond acceptors (Lipinski definition) is 1. The maximum absolute atomic E-state index is 13.3. The number of halogens is 2. The van der Waals surface area contributed by atoms with Crippen LogP contribution in [0.4, 0.5) is 8.78 Å². The normalized spacial score (nSPS) is 15.6. The summed E-state index contributed by atoms with van der Waals surface area (Å²) in [4.78, 5) is 0. The first-order valence-electron chi connectivity index (χ1n) is 6.25. The van der Waals surface area contributed by atoms with Crippen LogP contribution < -0.4 is 4.72 Å². The molecule has 5 heteroatoms. The molecule has 0 spiro atoms. The lowest BCUT2D eigenvalue weighted by molar-refractivity contribution is 0.466. The van der Waals surface area contributed by atoms with Gasteiger partial charge in [-0.15, -0.1) is 0 Å². The predicted molar refractivity (Wildman–Crippen MR) is 75.0 cm³/mol. The minimum Gasteiger partial charge on any atom is -0.242 e. The maximum Gasteiger partial charge on any atom is 0.126 e. The number of nitrogens with one attached hydrogen (secondary N) is 1. The SMILES string of the molecule is CC(C)C(NS(=O)C(C)(C)C)c1cc(F)cc(F)c1. The van der Waals surface area contributed by atoms with Crippen molar-refractivity contribution in [2.24, 2.45) is 5.92 Å². The third kappa shape index (κ3) is 4.66. The van der Waals surface area contributed by atoms with Crippen molar-refractivity contribution in [1.29, 1.82) is 0 Å². The minimum atomic E-state index is -1.30. The van der Waals surface area contributed by atoms with Crippen molar-refractivity contribution in [3.8, 4) is 0 Å². The standard InChI is InChI=1S/C14H21F2NOS/c1-9(2)13(17-19(18)14(3,4)5)10-6-11(15)8-12(16)7-10/h6-9,13,17H,1-5H3. The van der Waals surface area contributed by atoms with Crippen molar-refractivity contribution < 1.29 is 13.0 Å². The van der Waals surface area contributed by atoms with E-state index in [1.807, 2.05) is 34.6 Å². The Morgan fingerprint density at radius 3 is 1.95 bits per heavy atom. The fraction of sp³-hybridized carbons (Fsp3) is 0.571. The lowest BCUT2D eigenvalue weighted by atomic mass is 9.97. The molecule has 0 fully saturated rings. The summed E-state index contributed by atoms with van der Waals surface area (Å²) in [6.45, 7) is 9.37. The van der Waals surface area contributed by atoms with Gasteiger partial charge in [-0.25, -0.2) is 17.7 Å². The zero-order valence-electron chi connectivity index (χ0n) is 12.0. The van der Waals surface area contributed by atoms with Gasteiger partial charge in [-0.1, -0.05) is 13.8 Å². The minimum absolute atomic E-state index is 0.0625. The predicted octanol–water partition coefficient (Wildman–Crippen LogP) is 3.71. The molecule has 1 N–H and O–H groups in total. The third-order valence-corrected chi connectivity index (χ3v) is 4.28. The lowest BCUT2D eigenvalue weighted by Crippen LogP contribution is -2.37. The van der Waals surface area contributed by atoms with Crippen LogP contribution in [-0.4, -0.2) is 8.96 Å². The van der Waals surface area contributed by atoms with Crippen LogP contribution in [0.3, 0.4) is 0 Å². The first-order chi connectivity index (χ1) is 8.61. The molecule has 2 atom stereocenters. The monoisotopic (exact) mass is 289 g/mol. The molecule has 1 aromatic carbocycles. The highest BCUT2D eigenvalue weighted by Crippen LogP contribution is 2.25. The van der Waals surface area contributed by atoms with E-state index in [0.717, 1.165) is 6.07 Å². The Labute approximate surface area is 116 Å². The van der Waals surface area contributed by atoms with Crippen molar-refractivity contribution in [2.45, 2.75) is 45.4 Å². The largest absolute Gasteiger partial charge is 0.242 e. The molecule has 19 heavy (non-hydrogen) atoms. The van der Waals surface area contributed by atoms with Crippen LogP contribution in [0, 0.1) is 17.6 Å². The summed E-state index contributed by atoms with van der Waals surface area (Å²) < 4.78 is 41.2. The number of rotatable bonds is 4. The lowest BCUT2D eigenvalue weighted by Gasteiger charge is -2.27. The van der Waals surface area contributed by atoms with E-state index in [9.17, 15) is 13.0 Å². The molecule has 2 nitrogen and oxygen atoms in total. The van der Waals surface area contributed by atoms with Crippen LogP contribution in [0.2, 0.25) is 0 Å². The van der Waals surface area contributed by atoms with Gasteiger partial charge in [0.2, 0.25) is 0 Å². The Morgan fingerprint density at radius 1 is 1.11 bits per heavy atom. The van der Waals surface area contributed by atoms with Gasteiger partial charge in [0.05, 0.1) is 15.7 Å². The first-order valence-corrected chi connectivity index (χ1v) is 7.40. The van der Waals surface area contributed by atoms with Crippen LogP contribution in [0.5, 0.6) is 0 Å². The van der Waals surface area contributed by atoms with E-state index in [1.54, 1.807) is 0 Å². The Hall–Kier alpha value is -0.810. The molecule has 0 saturated heterocycles. The van der Waals surface area contributed by atoms with E-state index < -0.39 is 27.4 Å². The maximum atomic E-state index is 13.3. The molecule has 0 amide bonds. The van der Waals surface area contributed by atoms with Crippen LogP contribution in [0.1, 0.15) is 46.2 Å². The van der Waals surface area contributed by atoms with Crippen molar-refractivity contribution in [2.75, 3.05) is 0 Å². The Bertz CT molecular complexity index is 449. The first kappa shape index (κ1) is 16.2. The summed E-state index contributed by atoms with van der Waals surface area (Å²) in [5.74, 6) is -1.18. The molecule has 108 valence electrons. The highest BCUT2D eigenvalue weighted by atomic mass is 32.2. The van der Waals surface area contributed by atoms with E-state index >= 15 is 0 Å². The summed E-state index contributed by atoms with van der Waals surface area (Å²) in [5, 5.41) is 0. The van der Waals surface area contributed by atoms with Gasteiger partial charge in [-0.3, -0.25) is 0 Å². The molecule has 1 rings (SSSR count). The van der Waals surface area contributed by atoms with Gasteiger partial charge in [0.1, 0.15) is 11.6 Å². The van der Waals surface area contributed by atoms with Crippen molar-refractivity contribution in [3.05, 3.63) is 35.4 Å². The fourth-order valence-corrected chi connectivity index (χ4v) is 2.63. The van der Waals surface area contributed by atoms with Crippen LogP contribution in [0.15, 0.2) is 18.2 Å². The second-order valence-electron chi connectivity index (χ2n) is 5.92. The van der Waals surface area contributed by atoms with E-state index in [2.05, 4.69) is 4.72 Å². The molecule has 1 aromatic rings. The quantitative estimate of drug-likeness (QED) is 0.899. The van der Waals surface area contributed by atoms with Crippen LogP contribution in [-0.2, 0) is 11.0 Å². The van der Waals surface area contributed by atoms with Crippen LogP contribution >= 0.6 is 0 Å². The summed E-state index contributed by atoms with van der Waals surface area (Å²) in [6.07, 6.45) is 0. The summed E-state index contributed by atoms with van der Waals surface area (Å²) in [6, 6.07) is 3.04. The second-order valence-corrected chi connectivity index (χ2v) is 7.92. The molecular weight excluding hydrogens is 268 g/mol. The van der Waals surface area contributed by atoms with E-state index in [1.165, 1.54) is 12.1 Å². The molecule has 0 aliphatic carbocycles. The zero-order chi connectivity index (χ0) is 14.8. The van der Waals surface area contributed by atoms with Gasteiger partial charge in [0.25, 0.3) is 0 Å². The third-order valence-electron chi connectivity index (χ3n) is 2.70. The highest BCUT2D eigenvalue weighted by molar-refractivity contribution is 7.84. The Kier molecular flexibility index (Phi) is 5.21. The molecule has 2 unspecified atom stereocenters. The van der Waals surface area contributed by atoms with E-state index in [0.29, 0.717) is 5.56 Å². The molecule has 0 aromatic heterocycles. The van der Waals surface area contributed by atoms with Gasteiger partial charge in [0, 0.05) is 12.1 Å². The molecule has 0 aliphatic heterocycles. The summed E-state index contributed by atoms with van der Waals surface area (Å²) in [7, 11) is -1.30. The van der Waals surface area contributed by atoms with Crippen molar-refractivity contribution in [1.82, 2.24) is 4.72 Å². The molecule has 0 bridgehead atoms. The average Bonchev–Trinajstić information content (AvgIpc) is 2.21. The Balaban J connectivity index is 3.04. The molecule has 0 aliphatic rings. The van der Waals surface area contributed by atoms with Crippen molar-refractivity contribution >= 4 is 11.0 Å². The van der Waals surface area contributed by atoms with Gasteiger partial charge in [0.15, 0.2) is 0 Å². The average molecular weight is 289 g/mol. The fourth-order valence-electron chi connectivity index (χ4n) is 1.64. The Morgan fingerprint density at radius 2 is 1.58 bits per heavy atom. The summed E-state index contributed by atoms with van der Waals surface area (Å²) >= 11 is 0. The van der Waals surface area contributed by atoms with E-state index in [-0.39, 0.29) is 12.0 Å². The summed E-state index contributed by atoms with van der Waals surface area (Å²) in [5.41, 5.74) is 0.477. The molecular formula is C14H21F2NOS. The molecule has 0 heterocycles.